The summed E-state index contributed by atoms with van der Waals surface area (Å²) in [5, 5.41) is 8.88. The molecule has 7 rings (SSSR count). The molecule has 270 valence electrons. The van der Waals surface area contributed by atoms with Gasteiger partial charge in [-0.05, 0) is 75.0 Å². The van der Waals surface area contributed by atoms with E-state index in [1.54, 1.807) is 0 Å². The van der Waals surface area contributed by atoms with Crippen LogP contribution in [0.4, 0.5) is 0 Å². The third-order valence-corrected chi connectivity index (χ3v) is 22.0. The van der Waals surface area contributed by atoms with Crippen molar-refractivity contribution in [3.63, 3.8) is 0 Å². The average molecular weight is 744 g/mol. The quantitative estimate of drug-likeness (QED) is 0.117. The minimum Gasteiger partial charge on any atom is -0.408 e. The van der Waals surface area contributed by atoms with Crippen molar-refractivity contribution in [3.8, 4) is 0 Å². The highest BCUT2D eigenvalue weighted by molar-refractivity contribution is 8.33. The van der Waals surface area contributed by atoms with Gasteiger partial charge in [-0.3, -0.25) is 0 Å². The molecule has 0 amide bonds. The van der Waals surface area contributed by atoms with Crippen LogP contribution in [0.25, 0.3) is 43.5 Å². The van der Waals surface area contributed by atoms with Gasteiger partial charge in [0.2, 0.25) is 0 Å². The van der Waals surface area contributed by atoms with Gasteiger partial charge < -0.3 is 8.39 Å². The second-order valence-electron chi connectivity index (χ2n) is 14.8. The first-order valence-electron chi connectivity index (χ1n) is 19.1. The van der Waals surface area contributed by atoms with Gasteiger partial charge in [-0.15, -0.1) is 0 Å². The van der Waals surface area contributed by atoms with Crippen LogP contribution in [0.1, 0.15) is 58.2 Å². The molecule has 0 fully saturated rings. The predicted octanol–water partition coefficient (Wildman–Crippen LogP) is 14.0. The van der Waals surface area contributed by atoms with Gasteiger partial charge in [0.1, 0.15) is 5.58 Å². The Morgan fingerprint density at radius 1 is 0.692 bits per heavy atom. The van der Waals surface area contributed by atoms with Crippen LogP contribution >= 0.6 is 18.2 Å². The van der Waals surface area contributed by atoms with Crippen molar-refractivity contribution in [2.24, 2.45) is 0 Å². The van der Waals surface area contributed by atoms with Crippen molar-refractivity contribution >= 4 is 74.9 Å². The monoisotopic (exact) mass is 743 g/mol. The standard InChI is InChI=1S/C46H54NO2PSSi/c1-8-30-51(6,9-2)41-31-37-26-18-20-28-39(37)43-44-40-29-21-19-27-38(40)32-42(52(7,10-3)11-4)46(44)49-50(48-45(41)43)47(33-35-22-14-12-15-23-35)34(5)36-24-16-13-17-25-36/h12-29,31-32,34H,8-11,30,33H2,1-7H3/t34-,50?/m1/s1. The molecular weight excluding hydrogens is 690 g/mol. The van der Waals surface area contributed by atoms with E-state index in [2.05, 4.69) is 173 Å². The molecule has 7 aromatic rings. The van der Waals surface area contributed by atoms with E-state index in [-0.39, 0.29) is 6.04 Å². The molecule has 0 aliphatic rings. The molecule has 0 saturated carbocycles. The maximum atomic E-state index is 7.74. The van der Waals surface area contributed by atoms with Gasteiger partial charge in [0, 0.05) is 28.3 Å². The van der Waals surface area contributed by atoms with Crippen LogP contribution < -0.4 is 9.86 Å². The lowest BCUT2D eigenvalue weighted by Gasteiger charge is -2.35. The molecule has 3 nitrogen and oxygen atoms in total. The SMILES string of the molecule is CCCS(C)(CC)c1cc2ccccc2c2c1op(N(Cc1ccccc1)[C@H](C)c1ccccc1)oc1c([Si](C)(CC)CC)cc3ccccc3c12. The van der Waals surface area contributed by atoms with Crippen molar-refractivity contribution in [1.82, 2.24) is 0 Å². The van der Waals surface area contributed by atoms with E-state index in [1.807, 2.05) is 0 Å². The molecule has 0 saturated heterocycles. The largest absolute Gasteiger partial charge is 0.408 e. The van der Waals surface area contributed by atoms with Crippen molar-refractivity contribution in [1.29, 1.82) is 0 Å². The van der Waals surface area contributed by atoms with Crippen LogP contribution in [0.5, 0.6) is 0 Å². The van der Waals surface area contributed by atoms with Gasteiger partial charge in [0.15, 0.2) is 5.58 Å². The summed E-state index contributed by atoms with van der Waals surface area (Å²) < 4.78 is 18.0. The molecule has 0 aliphatic heterocycles. The Bertz CT molecular complexity index is 2370. The van der Waals surface area contributed by atoms with Gasteiger partial charge in [-0.25, -0.2) is 10.0 Å². The number of nitrogens with zero attached hydrogens (tertiary/aromatic N) is 1. The number of benzene rings is 6. The molecule has 0 aliphatic carbocycles. The van der Waals surface area contributed by atoms with E-state index in [1.165, 1.54) is 53.5 Å². The topological polar surface area (TPSA) is 29.5 Å². The first kappa shape index (κ1) is 36.6. The van der Waals surface area contributed by atoms with E-state index in [0.29, 0.717) is 6.54 Å². The zero-order valence-corrected chi connectivity index (χ0v) is 34.7. The van der Waals surface area contributed by atoms with E-state index >= 15 is 0 Å². The molecule has 2 unspecified atom stereocenters. The van der Waals surface area contributed by atoms with Crippen LogP contribution in [0.15, 0.2) is 135 Å². The molecule has 1 heterocycles. The molecular formula is C46H54NO2PSSi. The molecule has 0 N–H and O–H groups in total. The summed E-state index contributed by atoms with van der Waals surface area (Å²) in [5.41, 5.74) is 4.59. The number of hydrogen-bond donors (Lipinski definition) is 0. The average Bonchev–Trinajstić information content (AvgIpc) is 3.37. The fourth-order valence-corrected chi connectivity index (χ4v) is 14.9. The lowest BCUT2D eigenvalue weighted by atomic mass is 9.98. The summed E-state index contributed by atoms with van der Waals surface area (Å²) in [6.07, 6.45) is 3.67. The van der Waals surface area contributed by atoms with Crippen molar-refractivity contribution in [3.05, 3.63) is 132 Å². The number of rotatable bonds is 12. The summed E-state index contributed by atoms with van der Waals surface area (Å²) in [5.74, 6) is 2.26. The van der Waals surface area contributed by atoms with Crippen LogP contribution in [0, 0.1) is 0 Å². The van der Waals surface area contributed by atoms with Gasteiger partial charge in [-0.1, -0.05) is 162 Å². The first-order chi connectivity index (χ1) is 25.2. The molecule has 0 spiro atoms. The second-order valence-corrected chi connectivity index (χ2v) is 25.2. The summed E-state index contributed by atoms with van der Waals surface area (Å²) in [6.45, 7) is 15.1. The minimum atomic E-state index is -1.96. The third-order valence-electron chi connectivity index (χ3n) is 11.7. The van der Waals surface area contributed by atoms with Crippen molar-refractivity contribution < 1.29 is 8.39 Å². The minimum absolute atomic E-state index is 0.0480. The molecule has 0 radical (unpaired) electrons. The van der Waals surface area contributed by atoms with E-state index in [0.717, 1.165) is 41.2 Å². The number of hydrogen-bond acceptors (Lipinski definition) is 3. The Labute approximate surface area is 314 Å². The fraction of sp³-hybridized carbons (Fsp3) is 0.304. The maximum Gasteiger partial charge on any atom is 0.310 e. The first-order valence-corrected chi connectivity index (χ1v) is 25.5. The van der Waals surface area contributed by atoms with Crippen molar-refractivity contribution in [2.75, 3.05) is 22.4 Å². The van der Waals surface area contributed by atoms with Crippen LogP contribution in [-0.2, 0) is 6.54 Å². The molecule has 52 heavy (non-hydrogen) atoms. The maximum absolute atomic E-state index is 7.74. The highest BCUT2D eigenvalue weighted by Gasteiger charge is 2.33. The Kier molecular flexibility index (Phi) is 10.8. The normalized spacial score (nSPS) is 15.0. The molecule has 6 aromatic carbocycles. The van der Waals surface area contributed by atoms with Gasteiger partial charge in [0.05, 0.1) is 8.07 Å². The van der Waals surface area contributed by atoms with Gasteiger partial charge >= 0.3 is 8.16 Å². The zero-order chi connectivity index (χ0) is 36.5. The molecule has 0 bridgehead atoms. The zero-order valence-electron chi connectivity index (χ0n) is 32.0. The summed E-state index contributed by atoms with van der Waals surface area (Å²) in [7, 11) is -4.80. The smallest absolute Gasteiger partial charge is 0.310 e. The Morgan fingerprint density at radius 3 is 1.83 bits per heavy atom. The van der Waals surface area contributed by atoms with E-state index < -0.39 is 26.3 Å². The van der Waals surface area contributed by atoms with E-state index in [9.17, 15) is 0 Å². The fourth-order valence-electron chi connectivity index (χ4n) is 7.91. The van der Waals surface area contributed by atoms with Crippen LogP contribution in [0.2, 0.25) is 18.6 Å². The Morgan fingerprint density at radius 2 is 1.23 bits per heavy atom. The summed E-state index contributed by atoms with van der Waals surface area (Å²) in [4.78, 5) is 1.38. The molecule has 6 heteroatoms. The van der Waals surface area contributed by atoms with E-state index in [4.69, 9.17) is 8.39 Å². The van der Waals surface area contributed by atoms with Crippen molar-refractivity contribution in [2.45, 2.75) is 77.2 Å². The molecule has 3 atom stereocenters. The third kappa shape index (κ3) is 6.66. The van der Waals surface area contributed by atoms with Gasteiger partial charge in [-0.2, -0.15) is 4.67 Å². The summed E-state index contributed by atoms with van der Waals surface area (Å²) >= 11 is 0. The number of fused-ring (bicyclic) bond motifs is 7. The molecule has 1 aromatic heterocycles. The second kappa shape index (κ2) is 15.3. The highest BCUT2D eigenvalue weighted by atomic mass is 32.3. The van der Waals surface area contributed by atoms with Crippen LogP contribution in [-0.4, -0.2) is 25.8 Å². The Hall–Kier alpha value is -3.73. The Balaban J connectivity index is 1.75. The predicted molar refractivity (Wildman–Crippen MR) is 234 cm³/mol. The lowest BCUT2D eigenvalue weighted by Crippen LogP contribution is -2.43. The highest BCUT2D eigenvalue weighted by Crippen LogP contribution is 2.58. The lowest BCUT2D eigenvalue weighted by molar-refractivity contribution is 0.591. The van der Waals surface area contributed by atoms with Crippen LogP contribution in [0.3, 0.4) is 0 Å². The van der Waals surface area contributed by atoms with Gasteiger partial charge in [0.25, 0.3) is 0 Å². The summed E-state index contributed by atoms with van der Waals surface area (Å²) in [6, 6.07) is 47.0.